The van der Waals surface area contributed by atoms with Gasteiger partial charge in [-0.15, -0.1) is 11.3 Å². The Morgan fingerprint density at radius 3 is 2.34 bits per heavy atom. The monoisotopic (exact) mass is 492 g/mol. The lowest BCUT2D eigenvalue weighted by atomic mass is 9.99. The molecule has 1 aliphatic rings. The number of aliphatic hydroxyl groups excluding tert-OH is 1. The Labute approximate surface area is 208 Å². The number of carbonyl (C=O) groups is 2. The van der Waals surface area contributed by atoms with Gasteiger partial charge < -0.3 is 19.5 Å². The van der Waals surface area contributed by atoms with Gasteiger partial charge in [0.15, 0.2) is 0 Å². The van der Waals surface area contributed by atoms with E-state index in [0.29, 0.717) is 36.0 Å². The third-order valence-electron chi connectivity index (χ3n) is 5.72. The van der Waals surface area contributed by atoms with Crippen molar-refractivity contribution in [3.63, 3.8) is 0 Å². The van der Waals surface area contributed by atoms with Gasteiger partial charge in [0.05, 0.1) is 24.4 Å². The molecule has 182 valence electrons. The molecule has 4 rings (SSSR count). The number of carbonyl (C=O) groups excluding carboxylic acids is 2. The minimum atomic E-state index is -0.763. The molecule has 1 N–H and O–H groups in total. The van der Waals surface area contributed by atoms with Crippen LogP contribution < -0.4 is 19.3 Å². The maximum Gasteiger partial charge on any atom is 0.300 e. The summed E-state index contributed by atoms with van der Waals surface area (Å²) in [7, 11) is 3.86. The number of Topliss-reactive ketones (excluding diaryl/α,β-unsaturated/α-hetero) is 1. The van der Waals surface area contributed by atoms with Crippen LogP contribution in [-0.4, -0.2) is 44.1 Å². The van der Waals surface area contributed by atoms with Crippen LogP contribution >= 0.6 is 11.3 Å². The fraction of sp³-hybridized carbons (Fsp3) is 0.259. The second-order valence-electron chi connectivity index (χ2n) is 8.12. The van der Waals surface area contributed by atoms with E-state index in [0.717, 1.165) is 10.6 Å². The molecule has 0 bridgehead atoms. The van der Waals surface area contributed by atoms with Crippen LogP contribution in [0.1, 0.15) is 30.3 Å². The van der Waals surface area contributed by atoms with Crippen LogP contribution in [0.25, 0.3) is 5.76 Å². The summed E-state index contributed by atoms with van der Waals surface area (Å²) in [6, 6.07) is 15.4. The van der Waals surface area contributed by atoms with Gasteiger partial charge in [0.1, 0.15) is 23.3 Å². The summed E-state index contributed by atoms with van der Waals surface area (Å²) in [5.41, 5.74) is 1.90. The van der Waals surface area contributed by atoms with E-state index in [1.807, 2.05) is 74.6 Å². The largest absolute Gasteiger partial charge is 0.507 e. The summed E-state index contributed by atoms with van der Waals surface area (Å²) in [4.78, 5) is 30.8. The standard InChI is InChI=1S/C27H28N2O5S/c1-5-33-19-13-14-20(21(16-19)34-6-2)25(30)23-24(22-8-7-15-35-22)29(27(32)26(23)31)18-11-9-17(10-12-18)28(3)4/h7-16,24,30H,5-6H2,1-4H3/b25-23-. The molecule has 1 aromatic heterocycles. The number of ketones is 1. The third kappa shape index (κ3) is 4.61. The predicted molar refractivity (Wildman–Crippen MR) is 139 cm³/mol. The number of ether oxygens (including phenoxy) is 2. The maximum absolute atomic E-state index is 13.3. The number of thiophene rings is 1. The average molecular weight is 493 g/mol. The molecule has 2 heterocycles. The Balaban J connectivity index is 1.87. The lowest BCUT2D eigenvalue weighted by molar-refractivity contribution is -0.132. The molecule has 0 aliphatic carbocycles. The zero-order valence-electron chi connectivity index (χ0n) is 20.1. The van der Waals surface area contributed by atoms with Crippen molar-refractivity contribution in [1.82, 2.24) is 0 Å². The number of hydrogen-bond donors (Lipinski definition) is 1. The normalized spacial score (nSPS) is 17.0. The molecule has 1 saturated heterocycles. The van der Waals surface area contributed by atoms with E-state index < -0.39 is 17.7 Å². The Hall–Kier alpha value is -3.78. The van der Waals surface area contributed by atoms with Crippen LogP contribution in [0.2, 0.25) is 0 Å². The van der Waals surface area contributed by atoms with Crippen molar-refractivity contribution in [2.24, 2.45) is 0 Å². The molecule has 0 saturated carbocycles. The van der Waals surface area contributed by atoms with Crippen molar-refractivity contribution in [2.75, 3.05) is 37.1 Å². The van der Waals surface area contributed by atoms with E-state index >= 15 is 0 Å². The van der Waals surface area contributed by atoms with Gasteiger partial charge in [-0.25, -0.2) is 0 Å². The van der Waals surface area contributed by atoms with Gasteiger partial charge in [-0.2, -0.15) is 0 Å². The van der Waals surface area contributed by atoms with Crippen LogP contribution in [0.5, 0.6) is 11.5 Å². The second kappa shape index (κ2) is 10.2. The first-order valence-corrected chi connectivity index (χ1v) is 12.3. The maximum atomic E-state index is 13.3. The average Bonchev–Trinajstić information content (AvgIpc) is 3.46. The van der Waals surface area contributed by atoms with Crippen LogP contribution in [0.15, 0.2) is 65.6 Å². The molecule has 7 nitrogen and oxygen atoms in total. The van der Waals surface area contributed by atoms with Crippen LogP contribution in [-0.2, 0) is 9.59 Å². The Morgan fingerprint density at radius 2 is 1.74 bits per heavy atom. The summed E-state index contributed by atoms with van der Waals surface area (Å²) in [5, 5.41) is 13.3. The summed E-state index contributed by atoms with van der Waals surface area (Å²) >= 11 is 1.42. The number of rotatable bonds is 8. The summed E-state index contributed by atoms with van der Waals surface area (Å²) in [6.07, 6.45) is 0. The summed E-state index contributed by atoms with van der Waals surface area (Å²) in [6.45, 7) is 4.55. The number of benzene rings is 2. The summed E-state index contributed by atoms with van der Waals surface area (Å²) in [5.74, 6) is -0.743. The Morgan fingerprint density at radius 1 is 1.03 bits per heavy atom. The highest BCUT2D eigenvalue weighted by Gasteiger charge is 2.47. The van der Waals surface area contributed by atoms with Gasteiger partial charge >= 0.3 is 0 Å². The molecule has 2 aromatic carbocycles. The number of anilines is 2. The van der Waals surface area contributed by atoms with Crippen molar-refractivity contribution in [3.8, 4) is 11.5 Å². The quantitative estimate of drug-likeness (QED) is 0.263. The van der Waals surface area contributed by atoms with Gasteiger partial charge in [0, 0.05) is 36.4 Å². The molecule has 0 spiro atoms. The van der Waals surface area contributed by atoms with E-state index in [9.17, 15) is 14.7 Å². The molecular weight excluding hydrogens is 464 g/mol. The fourth-order valence-electron chi connectivity index (χ4n) is 4.10. The minimum Gasteiger partial charge on any atom is -0.507 e. The van der Waals surface area contributed by atoms with Crippen molar-refractivity contribution >= 4 is 40.2 Å². The van der Waals surface area contributed by atoms with Gasteiger partial charge in [0.2, 0.25) is 0 Å². The van der Waals surface area contributed by atoms with Gasteiger partial charge in [-0.05, 0) is 61.7 Å². The third-order valence-corrected chi connectivity index (χ3v) is 6.65. The van der Waals surface area contributed by atoms with E-state index in [-0.39, 0.29) is 11.3 Å². The first-order chi connectivity index (χ1) is 16.9. The Kier molecular flexibility index (Phi) is 7.12. The second-order valence-corrected chi connectivity index (χ2v) is 9.10. The SMILES string of the molecule is CCOc1ccc(/C(O)=C2/C(=O)C(=O)N(c3ccc(N(C)C)cc3)C2c2cccs2)c(OCC)c1. The highest BCUT2D eigenvalue weighted by atomic mass is 32.1. The molecule has 1 atom stereocenters. The molecule has 0 radical (unpaired) electrons. The van der Waals surface area contributed by atoms with Gasteiger partial charge in [-0.3, -0.25) is 14.5 Å². The number of aliphatic hydroxyl groups is 1. The molecule has 35 heavy (non-hydrogen) atoms. The summed E-state index contributed by atoms with van der Waals surface area (Å²) < 4.78 is 11.3. The Bertz CT molecular complexity index is 1250. The number of hydrogen-bond acceptors (Lipinski definition) is 7. The van der Waals surface area contributed by atoms with E-state index in [4.69, 9.17) is 9.47 Å². The highest BCUT2D eigenvalue weighted by molar-refractivity contribution is 7.10. The minimum absolute atomic E-state index is 0.0271. The van der Waals surface area contributed by atoms with Gasteiger partial charge in [0.25, 0.3) is 11.7 Å². The molecule has 1 fully saturated rings. The van der Waals surface area contributed by atoms with Crippen LogP contribution in [0, 0.1) is 0 Å². The first kappa shape index (κ1) is 24.3. The zero-order valence-corrected chi connectivity index (χ0v) is 21.0. The lowest BCUT2D eigenvalue weighted by Crippen LogP contribution is -2.29. The van der Waals surface area contributed by atoms with Crippen molar-refractivity contribution in [2.45, 2.75) is 19.9 Å². The number of amides is 1. The van der Waals surface area contributed by atoms with Crippen molar-refractivity contribution < 1.29 is 24.2 Å². The van der Waals surface area contributed by atoms with Crippen molar-refractivity contribution in [3.05, 3.63) is 76.0 Å². The lowest BCUT2D eigenvalue weighted by Gasteiger charge is -2.25. The fourth-order valence-corrected chi connectivity index (χ4v) is 4.92. The molecule has 1 unspecified atom stereocenters. The smallest absolute Gasteiger partial charge is 0.300 e. The molecule has 8 heteroatoms. The first-order valence-electron chi connectivity index (χ1n) is 11.4. The van der Waals surface area contributed by atoms with Crippen LogP contribution in [0.3, 0.4) is 0 Å². The molecule has 1 amide bonds. The topological polar surface area (TPSA) is 79.3 Å². The zero-order chi connectivity index (χ0) is 25.1. The van der Waals surface area contributed by atoms with E-state index in [1.165, 1.54) is 16.2 Å². The van der Waals surface area contributed by atoms with E-state index in [2.05, 4.69) is 0 Å². The molecule has 1 aliphatic heterocycles. The number of nitrogens with zero attached hydrogens (tertiary/aromatic N) is 2. The van der Waals surface area contributed by atoms with Crippen molar-refractivity contribution in [1.29, 1.82) is 0 Å². The highest BCUT2D eigenvalue weighted by Crippen LogP contribution is 2.45. The van der Waals surface area contributed by atoms with Crippen LogP contribution in [0.4, 0.5) is 11.4 Å². The molecule has 3 aromatic rings. The molecular formula is C27H28N2O5S. The van der Waals surface area contributed by atoms with Gasteiger partial charge in [-0.1, -0.05) is 6.07 Å². The van der Waals surface area contributed by atoms with E-state index in [1.54, 1.807) is 18.2 Å². The predicted octanol–water partition coefficient (Wildman–Crippen LogP) is 5.24.